The number of halogens is 1. The van der Waals surface area contributed by atoms with Crippen molar-refractivity contribution in [2.75, 3.05) is 13.7 Å². The van der Waals surface area contributed by atoms with Gasteiger partial charge in [-0.15, -0.1) is 0 Å². The second kappa shape index (κ2) is 8.18. The van der Waals surface area contributed by atoms with Crippen LogP contribution in [0.3, 0.4) is 0 Å². The topological polar surface area (TPSA) is 80.0 Å². The predicted octanol–water partition coefficient (Wildman–Crippen LogP) is 4.22. The lowest BCUT2D eigenvalue weighted by Crippen LogP contribution is -2.33. The molecule has 33 heavy (non-hydrogen) atoms. The van der Waals surface area contributed by atoms with E-state index < -0.39 is 29.3 Å². The van der Waals surface area contributed by atoms with Gasteiger partial charge in [-0.05, 0) is 41.5 Å². The number of aliphatic hydroxyl groups is 1. The van der Waals surface area contributed by atoms with E-state index in [-0.39, 0.29) is 28.8 Å². The number of nitrogens with zero attached hydrogens (tertiary/aromatic N) is 1. The fraction of sp³-hybridized carbons (Fsp3) is 0.154. The van der Waals surface area contributed by atoms with Crippen molar-refractivity contribution in [3.63, 3.8) is 0 Å². The summed E-state index contributed by atoms with van der Waals surface area (Å²) in [4.78, 5) is 28.3. The summed E-state index contributed by atoms with van der Waals surface area (Å²) in [6, 6.07) is 18.7. The SMILES string of the molecule is COc1cccc(C2c3c(oc4ccc(F)cc4c3=O)C(=O)N2CC(O)c2ccccc2)c1. The molecule has 1 amide bonds. The first-order valence-electron chi connectivity index (χ1n) is 10.4. The first-order chi connectivity index (χ1) is 16.0. The van der Waals surface area contributed by atoms with Gasteiger partial charge >= 0.3 is 0 Å². The van der Waals surface area contributed by atoms with E-state index in [2.05, 4.69) is 0 Å². The highest BCUT2D eigenvalue weighted by atomic mass is 19.1. The van der Waals surface area contributed by atoms with Crippen LogP contribution in [0.4, 0.5) is 4.39 Å². The highest BCUT2D eigenvalue weighted by Gasteiger charge is 2.43. The van der Waals surface area contributed by atoms with Crippen molar-refractivity contribution in [2.45, 2.75) is 12.1 Å². The minimum Gasteiger partial charge on any atom is -0.497 e. The van der Waals surface area contributed by atoms with Crippen molar-refractivity contribution in [3.05, 3.63) is 111 Å². The van der Waals surface area contributed by atoms with E-state index in [0.717, 1.165) is 6.07 Å². The lowest BCUT2D eigenvalue weighted by molar-refractivity contribution is 0.0583. The number of methoxy groups -OCH3 is 1. The maximum absolute atomic E-state index is 13.9. The van der Waals surface area contributed by atoms with Crippen LogP contribution < -0.4 is 10.2 Å². The van der Waals surface area contributed by atoms with Crippen LogP contribution in [0.25, 0.3) is 11.0 Å². The minimum atomic E-state index is -0.987. The van der Waals surface area contributed by atoms with Crippen molar-refractivity contribution in [1.29, 1.82) is 0 Å². The zero-order valence-corrected chi connectivity index (χ0v) is 17.7. The number of fused-ring (bicyclic) bond motifs is 2. The van der Waals surface area contributed by atoms with Crippen molar-refractivity contribution in [3.8, 4) is 5.75 Å². The smallest absolute Gasteiger partial charge is 0.291 e. The molecule has 3 aromatic carbocycles. The molecule has 1 N–H and O–H groups in total. The van der Waals surface area contributed by atoms with Crippen LogP contribution in [0.15, 0.2) is 82.0 Å². The van der Waals surface area contributed by atoms with E-state index in [1.54, 1.807) is 48.5 Å². The van der Waals surface area contributed by atoms with Crippen molar-refractivity contribution >= 4 is 16.9 Å². The summed E-state index contributed by atoms with van der Waals surface area (Å²) in [6.07, 6.45) is -0.987. The van der Waals surface area contributed by atoms with Gasteiger partial charge in [0.25, 0.3) is 5.91 Å². The summed E-state index contributed by atoms with van der Waals surface area (Å²) in [7, 11) is 1.52. The number of carbonyl (C=O) groups is 1. The van der Waals surface area contributed by atoms with Crippen molar-refractivity contribution in [2.24, 2.45) is 0 Å². The Bertz CT molecular complexity index is 1420. The zero-order valence-electron chi connectivity index (χ0n) is 17.7. The molecule has 1 aromatic heterocycles. The van der Waals surface area contributed by atoms with E-state index >= 15 is 0 Å². The number of amides is 1. The van der Waals surface area contributed by atoms with Gasteiger partial charge in [0.1, 0.15) is 17.1 Å². The molecule has 0 fully saturated rings. The van der Waals surface area contributed by atoms with Gasteiger partial charge in [0.05, 0.1) is 36.8 Å². The number of β-amino-alcohol motifs (C(OH)–C–C–N with tert-alkyl or cyclic N) is 1. The van der Waals surface area contributed by atoms with Crippen LogP contribution in [0.5, 0.6) is 5.75 Å². The molecule has 2 unspecified atom stereocenters. The third-order valence-corrected chi connectivity index (χ3v) is 5.89. The summed E-state index contributed by atoms with van der Waals surface area (Å²) < 4.78 is 25.0. The Labute approximate surface area is 188 Å². The molecule has 0 saturated carbocycles. The first kappa shape index (κ1) is 20.9. The molecule has 2 atom stereocenters. The van der Waals surface area contributed by atoms with Crippen molar-refractivity contribution < 1.29 is 23.4 Å². The van der Waals surface area contributed by atoms with E-state index in [0.29, 0.717) is 16.9 Å². The number of ether oxygens (including phenoxy) is 1. The summed E-state index contributed by atoms with van der Waals surface area (Å²) in [5.41, 5.74) is 1.01. The fourth-order valence-corrected chi connectivity index (χ4v) is 4.31. The molecule has 6 nitrogen and oxygen atoms in total. The number of benzene rings is 3. The average molecular weight is 445 g/mol. The maximum atomic E-state index is 13.9. The van der Waals surface area contributed by atoms with Gasteiger partial charge < -0.3 is 19.2 Å². The van der Waals surface area contributed by atoms with Gasteiger partial charge in [-0.3, -0.25) is 9.59 Å². The van der Waals surface area contributed by atoms with Crippen LogP contribution in [-0.2, 0) is 0 Å². The number of aliphatic hydroxyl groups excluding tert-OH is 1. The molecule has 1 aliphatic heterocycles. The zero-order chi connectivity index (χ0) is 23.1. The van der Waals surface area contributed by atoms with E-state index in [1.807, 2.05) is 6.07 Å². The monoisotopic (exact) mass is 445 g/mol. The fourth-order valence-electron chi connectivity index (χ4n) is 4.31. The Balaban J connectivity index is 1.69. The van der Waals surface area contributed by atoms with Gasteiger partial charge in [-0.1, -0.05) is 42.5 Å². The molecule has 4 aromatic rings. The highest BCUT2D eigenvalue weighted by molar-refractivity contribution is 5.99. The van der Waals surface area contributed by atoms with Crippen LogP contribution in [0.2, 0.25) is 0 Å². The molecule has 1 aliphatic rings. The molecule has 7 heteroatoms. The lowest BCUT2D eigenvalue weighted by Gasteiger charge is -2.27. The van der Waals surface area contributed by atoms with Crippen LogP contribution >= 0.6 is 0 Å². The average Bonchev–Trinajstić information content (AvgIpc) is 3.12. The number of carbonyl (C=O) groups excluding carboxylic acids is 1. The molecule has 2 heterocycles. The Kier molecular flexibility index (Phi) is 5.18. The largest absolute Gasteiger partial charge is 0.497 e. The van der Waals surface area contributed by atoms with Crippen molar-refractivity contribution in [1.82, 2.24) is 4.90 Å². The molecule has 0 aliphatic carbocycles. The second-order valence-corrected chi connectivity index (χ2v) is 7.88. The first-order valence-corrected chi connectivity index (χ1v) is 10.4. The third kappa shape index (κ3) is 3.56. The highest BCUT2D eigenvalue weighted by Crippen LogP contribution is 2.40. The Morgan fingerprint density at radius 3 is 2.61 bits per heavy atom. The molecular formula is C26H20FNO5. The minimum absolute atomic E-state index is 0.0555. The maximum Gasteiger partial charge on any atom is 0.291 e. The third-order valence-electron chi connectivity index (χ3n) is 5.89. The van der Waals surface area contributed by atoms with Gasteiger partial charge in [-0.25, -0.2) is 4.39 Å². The second-order valence-electron chi connectivity index (χ2n) is 7.88. The normalized spacial score (nSPS) is 16.2. The summed E-state index contributed by atoms with van der Waals surface area (Å²) in [5.74, 6) is -0.648. The predicted molar refractivity (Wildman–Crippen MR) is 120 cm³/mol. The summed E-state index contributed by atoms with van der Waals surface area (Å²) in [5, 5.41) is 10.9. The molecule has 166 valence electrons. The molecule has 5 rings (SSSR count). The van der Waals surface area contributed by atoms with Gasteiger partial charge in [0, 0.05) is 0 Å². The standard InChI is InChI=1S/C26H20FNO5/c1-32-18-9-5-8-16(12-18)23-22-24(30)19-13-17(27)10-11-21(19)33-25(22)26(31)28(23)14-20(29)15-6-3-2-4-7-15/h2-13,20,23,29H,14H2,1H3. The summed E-state index contributed by atoms with van der Waals surface area (Å²) >= 11 is 0. The molecule has 0 saturated heterocycles. The number of rotatable bonds is 5. The quantitative estimate of drug-likeness (QED) is 0.498. The molecular weight excluding hydrogens is 425 g/mol. The molecule has 0 radical (unpaired) electrons. The Hall–Kier alpha value is -3.97. The number of hydrogen-bond donors (Lipinski definition) is 1. The van der Waals surface area contributed by atoms with Gasteiger partial charge in [-0.2, -0.15) is 0 Å². The van der Waals surface area contributed by atoms with Gasteiger partial charge in [0.15, 0.2) is 5.43 Å². The van der Waals surface area contributed by atoms with Crippen LogP contribution in [0, 0.1) is 5.82 Å². The van der Waals surface area contributed by atoms with E-state index in [4.69, 9.17) is 9.15 Å². The van der Waals surface area contributed by atoms with Crippen LogP contribution in [0.1, 0.15) is 39.4 Å². The lowest BCUT2D eigenvalue weighted by atomic mass is 9.98. The van der Waals surface area contributed by atoms with Crippen LogP contribution in [-0.4, -0.2) is 29.6 Å². The van der Waals surface area contributed by atoms with Gasteiger partial charge in [0.2, 0.25) is 5.76 Å². The van der Waals surface area contributed by atoms with E-state index in [1.165, 1.54) is 24.1 Å². The summed E-state index contributed by atoms with van der Waals surface area (Å²) in [6.45, 7) is -0.0704. The Morgan fingerprint density at radius 1 is 1.06 bits per heavy atom. The Morgan fingerprint density at radius 2 is 1.85 bits per heavy atom. The van der Waals surface area contributed by atoms with E-state index in [9.17, 15) is 19.1 Å². The number of hydrogen-bond acceptors (Lipinski definition) is 5. The molecule has 0 bridgehead atoms. The molecule has 0 spiro atoms.